The highest BCUT2D eigenvalue weighted by molar-refractivity contribution is 5.91. The smallest absolute Gasteiger partial charge is 0.245 e. The number of hydrogen-bond donors (Lipinski definition) is 0. The normalized spacial score (nSPS) is 24.7. The van der Waals surface area contributed by atoms with Crippen LogP contribution in [0.2, 0.25) is 0 Å². The number of piperidine rings is 1. The third-order valence-corrected chi connectivity index (χ3v) is 6.36. The average molecular weight is 386 g/mol. The van der Waals surface area contributed by atoms with Crippen molar-refractivity contribution in [2.24, 2.45) is 5.92 Å². The van der Waals surface area contributed by atoms with E-state index in [0.717, 1.165) is 64.3 Å². The van der Waals surface area contributed by atoms with Gasteiger partial charge in [-0.05, 0) is 30.7 Å². The number of morpholine rings is 1. The van der Waals surface area contributed by atoms with E-state index in [0.29, 0.717) is 25.3 Å². The topological polar surface area (TPSA) is 53.1 Å². The standard InChI is InChI=1S/C22H31N3O3/c26-21-7-6-20(25(21)17-18-4-2-1-3-5-18)22(27)24-10-8-19(9-11-24)16-23-12-14-28-15-13-23/h1-5,19-20H,6-17H2. The number of carbonyl (C=O) groups excluding carboxylic acids is 2. The Kier molecular flexibility index (Phi) is 6.27. The van der Waals surface area contributed by atoms with Gasteiger partial charge >= 0.3 is 0 Å². The van der Waals surface area contributed by atoms with E-state index in [1.807, 2.05) is 35.2 Å². The molecule has 6 heteroatoms. The molecule has 1 aromatic carbocycles. The number of amides is 2. The van der Waals surface area contributed by atoms with Gasteiger partial charge in [0.25, 0.3) is 0 Å². The van der Waals surface area contributed by atoms with E-state index in [2.05, 4.69) is 4.90 Å². The maximum atomic E-state index is 13.1. The van der Waals surface area contributed by atoms with Gasteiger partial charge < -0.3 is 14.5 Å². The highest BCUT2D eigenvalue weighted by Crippen LogP contribution is 2.26. The first kappa shape index (κ1) is 19.4. The van der Waals surface area contributed by atoms with Gasteiger partial charge in [0.05, 0.1) is 13.2 Å². The van der Waals surface area contributed by atoms with E-state index in [1.54, 1.807) is 4.90 Å². The molecule has 2 amide bonds. The fourth-order valence-electron chi connectivity index (χ4n) is 4.66. The van der Waals surface area contributed by atoms with Gasteiger partial charge in [0, 0.05) is 45.7 Å². The Labute approximate surface area is 167 Å². The molecule has 3 heterocycles. The zero-order valence-corrected chi connectivity index (χ0v) is 16.6. The van der Waals surface area contributed by atoms with Crippen LogP contribution in [0.25, 0.3) is 0 Å². The molecule has 28 heavy (non-hydrogen) atoms. The van der Waals surface area contributed by atoms with E-state index in [-0.39, 0.29) is 17.9 Å². The van der Waals surface area contributed by atoms with Gasteiger partial charge in [0.1, 0.15) is 6.04 Å². The first-order chi connectivity index (χ1) is 13.7. The summed E-state index contributed by atoms with van der Waals surface area (Å²) in [5.41, 5.74) is 1.08. The van der Waals surface area contributed by atoms with Crippen LogP contribution in [0.15, 0.2) is 30.3 Å². The summed E-state index contributed by atoms with van der Waals surface area (Å²) in [5.74, 6) is 0.906. The van der Waals surface area contributed by atoms with Crippen LogP contribution in [0.1, 0.15) is 31.2 Å². The Balaban J connectivity index is 1.30. The number of benzene rings is 1. The van der Waals surface area contributed by atoms with Crippen LogP contribution in [0.3, 0.4) is 0 Å². The number of carbonyl (C=O) groups is 2. The number of hydrogen-bond acceptors (Lipinski definition) is 4. The summed E-state index contributed by atoms with van der Waals surface area (Å²) in [7, 11) is 0. The summed E-state index contributed by atoms with van der Waals surface area (Å²) in [5, 5.41) is 0. The van der Waals surface area contributed by atoms with Crippen LogP contribution in [-0.4, -0.2) is 78.5 Å². The fraction of sp³-hybridized carbons (Fsp3) is 0.636. The summed E-state index contributed by atoms with van der Waals surface area (Å²) in [4.78, 5) is 31.8. The fourth-order valence-corrected chi connectivity index (χ4v) is 4.66. The lowest BCUT2D eigenvalue weighted by Gasteiger charge is -2.38. The van der Waals surface area contributed by atoms with Gasteiger partial charge in [-0.25, -0.2) is 0 Å². The predicted molar refractivity (Wildman–Crippen MR) is 107 cm³/mol. The second-order valence-corrected chi connectivity index (χ2v) is 8.24. The van der Waals surface area contributed by atoms with Crippen molar-refractivity contribution in [1.29, 1.82) is 0 Å². The Morgan fingerprint density at radius 3 is 2.43 bits per heavy atom. The van der Waals surface area contributed by atoms with Gasteiger partial charge in [0.2, 0.25) is 11.8 Å². The minimum atomic E-state index is -0.288. The van der Waals surface area contributed by atoms with Crippen molar-refractivity contribution in [3.05, 3.63) is 35.9 Å². The van der Waals surface area contributed by atoms with Crippen LogP contribution in [0.5, 0.6) is 0 Å². The van der Waals surface area contributed by atoms with E-state index in [9.17, 15) is 9.59 Å². The first-order valence-corrected chi connectivity index (χ1v) is 10.6. The number of rotatable bonds is 5. The monoisotopic (exact) mass is 385 g/mol. The van der Waals surface area contributed by atoms with Crippen molar-refractivity contribution in [3.8, 4) is 0 Å². The van der Waals surface area contributed by atoms with Crippen molar-refractivity contribution in [2.75, 3.05) is 45.9 Å². The van der Waals surface area contributed by atoms with Crippen molar-refractivity contribution in [1.82, 2.24) is 14.7 Å². The van der Waals surface area contributed by atoms with Crippen LogP contribution < -0.4 is 0 Å². The molecule has 0 spiro atoms. The Bertz CT molecular complexity index is 667. The van der Waals surface area contributed by atoms with Crippen molar-refractivity contribution >= 4 is 11.8 Å². The van der Waals surface area contributed by atoms with E-state index in [1.165, 1.54) is 0 Å². The zero-order valence-electron chi connectivity index (χ0n) is 16.6. The molecule has 0 aromatic heterocycles. The molecule has 0 N–H and O–H groups in total. The van der Waals surface area contributed by atoms with Crippen molar-refractivity contribution in [3.63, 3.8) is 0 Å². The molecule has 6 nitrogen and oxygen atoms in total. The zero-order chi connectivity index (χ0) is 19.3. The Morgan fingerprint density at radius 1 is 1.00 bits per heavy atom. The van der Waals surface area contributed by atoms with Crippen LogP contribution in [-0.2, 0) is 20.9 Å². The quantitative estimate of drug-likeness (QED) is 0.775. The first-order valence-electron chi connectivity index (χ1n) is 10.6. The van der Waals surface area contributed by atoms with Gasteiger partial charge in [-0.3, -0.25) is 14.5 Å². The molecule has 4 rings (SSSR count). The van der Waals surface area contributed by atoms with Gasteiger partial charge in [0.15, 0.2) is 0 Å². The molecule has 152 valence electrons. The second-order valence-electron chi connectivity index (χ2n) is 8.24. The average Bonchev–Trinajstić information content (AvgIpc) is 3.10. The molecular weight excluding hydrogens is 354 g/mol. The molecule has 3 saturated heterocycles. The van der Waals surface area contributed by atoms with Crippen LogP contribution in [0.4, 0.5) is 0 Å². The van der Waals surface area contributed by atoms with Crippen LogP contribution >= 0.6 is 0 Å². The Morgan fingerprint density at radius 2 is 1.71 bits per heavy atom. The summed E-state index contributed by atoms with van der Waals surface area (Å²) in [6, 6.07) is 9.68. The highest BCUT2D eigenvalue weighted by atomic mass is 16.5. The summed E-state index contributed by atoms with van der Waals surface area (Å²) in [6.45, 7) is 7.01. The Hall–Kier alpha value is -1.92. The van der Waals surface area contributed by atoms with Crippen molar-refractivity contribution < 1.29 is 14.3 Å². The molecule has 3 aliphatic heterocycles. The molecule has 0 radical (unpaired) electrons. The molecular formula is C22H31N3O3. The van der Waals surface area contributed by atoms with E-state index in [4.69, 9.17) is 4.74 Å². The molecule has 1 unspecified atom stereocenters. The second kappa shape index (κ2) is 9.05. The lowest BCUT2D eigenvalue weighted by molar-refractivity contribution is -0.142. The number of nitrogens with zero attached hydrogens (tertiary/aromatic N) is 3. The third kappa shape index (κ3) is 4.55. The molecule has 1 aromatic rings. The minimum Gasteiger partial charge on any atom is -0.379 e. The number of likely N-dealkylation sites (tertiary alicyclic amines) is 2. The summed E-state index contributed by atoms with van der Waals surface area (Å²) in [6.07, 6.45) is 3.25. The molecule has 3 fully saturated rings. The third-order valence-electron chi connectivity index (χ3n) is 6.36. The molecule has 0 aliphatic carbocycles. The predicted octanol–water partition coefficient (Wildman–Crippen LogP) is 1.75. The molecule has 3 aliphatic rings. The van der Waals surface area contributed by atoms with Gasteiger partial charge in [-0.15, -0.1) is 0 Å². The minimum absolute atomic E-state index is 0.101. The maximum absolute atomic E-state index is 13.1. The molecule has 0 bridgehead atoms. The summed E-state index contributed by atoms with van der Waals surface area (Å²) >= 11 is 0. The van der Waals surface area contributed by atoms with Gasteiger partial charge in [-0.1, -0.05) is 30.3 Å². The van der Waals surface area contributed by atoms with Crippen molar-refractivity contribution in [2.45, 2.75) is 38.3 Å². The highest BCUT2D eigenvalue weighted by Gasteiger charge is 2.39. The van der Waals surface area contributed by atoms with Gasteiger partial charge in [-0.2, -0.15) is 0 Å². The summed E-state index contributed by atoms with van der Waals surface area (Å²) < 4.78 is 5.43. The van der Waals surface area contributed by atoms with E-state index >= 15 is 0 Å². The van der Waals surface area contributed by atoms with E-state index < -0.39 is 0 Å². The molecule has 1 atom stereocenters. The molecule has 0 saturated carbocycles. The lowest BCUT2D eigenvalue weighted by Crippen LogP contribution is -2.50. The number of ether oxygens (including phenoxy) is 1. The lowest BCUT2D eigenvalue weighted by atomic mass is 9.95. The SMILES string of the molecule is O=C(C1CCC(=O)N1Cc1ccccc1)N1CCC(CN2CCOCC2)CC1. The largest absolute Gasteiger partial charge is 0.379 e. The van der Waals surface area contributed by atoms with Crippen LogP contribution in [0, 0.1) is 5.92 Å². The maximum Gasteiger partial charge on any atom is 0.245 e.